The van der Waals surface area contributed by atoms with Crippen molar-refractivity contribution in [2.45, 2.75) is 97.5 Å². The molecule has 4 amide bonds. The van der Waals surface area contributed by atoms with Crippen LogP contribution in [0.2, 0.25) is 0 Å². The van der Waals surface area contributed by atoms with Crippen LogP contribution >= 0.6 is 0 Å². The van der Waals surface area contributed by atoms with Crippen molar-refractivity contribution in [3.63, 3.8) is 0 Å². The number of H-pyrrole nitrogens is 2. The lowest BCUT2D eigenvalue weighted by atomic mass is 10.0. The van der Waals surface area contributed by atoms with Crippen LogP contribution in [0, 0.1) is 11.8 Å². The number of ether oxygens (including phenoxy) is 2. The highest BCUT2D eigenvalue weighted by molar-refractivity contribution is 5.87. The van der Waals surface area contributed by atoms with Crippen molar-refractivity contribution in [3.05, 3.63) is 71.7 Å². The van der Waals surface area contributed by atoms with Crippen LogP contribution in [0.3, 0.4) is 0 Å². The van der Waals surface area contributed by atoms with E-state index in [0.717, 1.165) is 59.8 Å². The van der Waals surface area contributed by atoms with Crippen LogP contribution in [0.1, 0.15) is 102 Å². The van der Waals surface area contributed by atoms with Gasteiger partial charge < -0.3 is 39.9 Å². The first-order valence-corrected chi connectivity index (χ1v) is 18.8. The number of aromatic nitrogens is 4. The average Bonchev–Trinajstić information content (AvgIpc) is 3.97. The Kier molecular flexibility index (Phi) is 13.3. The molecule has 0 bridgehead atoms. The van der Waals surface area contributed by atoms with E-state index in [-0.39, 0.29) is 41.8 Å². The van der Waals surface area contributed by atoms with Crippen LogP contribution in [0.4, 0.5) is 9.59 Å². The molecule has 14 heteroatoms. The molecular formula is C40H54N8O6. The Morgan fingerprint density at radius 1 is 0.759 bits per heavy atom. The highest BCUT2D eigenvalue weighted by Crippen LogP contribution is 2.33. The maximum Gasteiger partial charge on any atom is 0.408 e. The lowest BCUT2D eigenvalue weighted by Gasteiger charge is -2.30. The monoisotopic (exact) mass is 742 g/mol. The second kappa shape index (κ2) is 18.1. The Morgan fingerprint density at radius 2 is 1.30 bits per heavy atom. The van der Waals surface area contributed by atoms with Gasteiger partial charge in [-0.3, -0.25) is 9.59 Å². The Morgan fingerprint density at radius 3 is 1.85 bits per heavy atom. The van der Waals surface area contributed by atoms with Gasteiger partial charge in [0.15, 0.2) is 0 Å². The van der Waals surface area contributed by atoms with Gasteiger partial charge in [0, 0.05) is 13.1 Å². The van der Waals surface area contributed by atoms with Gasteiger partial charge in [0.1, 0.15) is 23.7 Å². The second-order valence-corrected chi connectivity index (χ2v) is 14.8. The first kappa shape index (κ1) is 39.8. The van der Waals surface area contributed by atoms with Crippen molar-refractivity contribution in [3.8, 4) is 11.3 Å². The maximum atomic E-state index is 13.6. The number of methoxy groups -OCH3 is 1. The molecule has 2 aromatic heterocycles. The molecule has 2 fully saturated rings. The fraction of sp³-hybridized carbons (Fsp3) is 0.500. The number of rotatable bonds is 13. The molecule has 5 rings (SSSR count). The molecule has 2 saturated heterocycles. The summed E-state index contributed by atoms with van der Waals surface area (Å²) in [4.78, 5) is 70.9. The minimum Gasteiger partial charge on any atom is -0.453 e. The van der Waals surface area contributed by atoms with E-state index in [0.29, 0.717) is 13.1 Å². The molecule has 14 nitrogen and oxygen atoms in total. The SMILES string of the molecule is COC(=O)N[C@@H](C(=O)N1CCC[C@H]1c1ncc(C=CC=Cc2ccc(-c3cnc([C@@H]4CCCN4C(=O)[C@H](NC(=O)OC(C)C)C(C)C)[nH]3)cc2)[nH]1)C(C)C. The normalized spacial score (nSPS) is 18.6. The molecule has 1 aromatic carbocycles. The van der Waals surface area contributed by atoms with E-state index in [9.17, 15) is 19.2 Å². The number of imidazole rings is 2. The lowest BCUT2D eigenvalue weighted by Crippen LogP contribution is -2.51. The Bertz CT molecular complexity index is 1810. The Balaban J connectivity index is 1.17. The van der Waals surface area contributed by atoms with Crippen molar-refractivity contribution in [1.29, 1.82) is 0 Å². The van der Waals surface area contributed by atoms with Gasteiger partial charge in [0.2, 0.25) is 11.8 Å². The molecule has 3 aromatic rings. The summed E-state index contributed by atoms with van der Waals surface area (Å²) in [5.41, 5.74) is 3.67. The number of hydrogen-bond acceptors (Lipinski definition) is 8. The predicted molar refractivity (Wildman–Crippen MR) is 206 cm³/mol. The van der Waals surface area contributed by atoms with E-state index in [2.05, 4.69) is 30.6 Å². The summed E-state index contributed by atoms with van der Waals surface area (Å²) in [6.07, 6.45) is 13.1. The molecule has 0 spiro atoms. The predicted octanol–water partition coefficient (Wildman–Crippen LogP) is 6.39. The van der Waals surface area contributed by atoms with Crippen LogP contribution in [-0.4, -0.2) is 92.1 Å². The van der Waals surface area contributed by atoms with E-state index in [1.165, 1.54) is 7.11 Å². The summed E-state index contributed by atoms with van der Waals surface area (Å²) >= 11 is 0. The van der Waals surface area contributed by atoms with Gasteiger partial charge in [-0.25, -0.2) is 19.6 Å². The summed E-state index contributed by atoms with van der Waals surface area (Å²) < 4.78 is 9.97. The van der Waals surface area contributed by atoms with Crippen LogP contribution < -0.4 is 10.6 Å². The van der Waals surface area contributed by atoms with Crippen LogP contribution in [-0.2, 0) is 19.1 Å². The molecule has 0 aliphatic carbocycles. The van der Waals surface area contributed by atoms with E-state index in [1.54, 1.807) is 31.1 Å². The molecule has 290 valence electrons. The largest absolute Gasteiger partial charge is 0.453 e. The highest BCUT2D eigenvalue weighted by Gasteiger charge is 2.39. The number of benzene rings is 1. The number of alkyl carbamates (subject to hydrolysis) is 2. The number of likely N-dealkylation sites (tertiary alicyclic amines) is 2. The molecule has 0 radical (unpaired) electrons. The zero-order chi connectivity index (χ0) is 38.9. The summed E-state index contributed by atoms with van der Waals surface area (Å²) in [5, 5.41) is 5.44. The highest BCUT2D eigenvalue weighted by atomic mass is 16.6. The number of aromatic amines is 2. The number of allylic oxidation sites excluding steroid dienone is 2. The molecule has 0 unspecified atom stereocenters. The minimum absolute atomic E-state index is 0.0992. The topological polar surface area (TPSA) is 175 Å². The molecule has 54 heavy (non-hydrogen) atoms. The third-order valence-corrected chi connectivity index (χ3v) is 9.75. The van der Waals surface area contributed by atoms with Crippen molar-refractivity contribution < 1.29 is 28.7 Å². The van der Waals surface area contributed by atoms with Crippen molar-refractivity contribution in [1.82, 2.24) is 40.4 Å². The molecule has 4 N–H and O–H groups in total. The van der Waals surface area contributed by atoms with E-state index in [4.69, 9.17) is 9.47 Å². The average molecular weight is 743 g/mol. The zero-order valence-corrected chi connectivity index (χ0v) is 32.3. The van der Waals surface area contributed by atoms with E-state index < -0.39 is 24.3 Å². The number of hydrogen-bond donors (Lipinski definition) is 4. The van der Waals surface area contributed by atoms with Crippen molar-refractivity contribution in [2.24, 2.45) is 11.8 Å². The van der Waals surface area contributed by atoms with Gasteiger partial charge in [0.05, 0.1) is 49.1 Å². The summed E-state index contributed by atoms with van der Waals surface area (Å²) in [6, 6.07) is 6.33. The molecule has 0 saturated carbocycles. The zero-order valence-electron chi connectivity index (χ0n) is 32.3. The summed E-state index contributed by atoms with van der Waals surface area (Å²) in [6.45, 7) is 12.3. The van der Waals surface area contributed by atoms with Crippen molar-refractivity contribution in [2.75, 3.05) is 20.2 Å². The molecule has 4 heterocycles. The summed E-state index contributed by atoms with van der Waals surface area (Å²) in [7, 11) is 1.29. The fourth-order valence-corrected chi connectivity index (χ4v) is 6.93. The quantitative estimate of drug-likeness (QED) is 0.146. The number of carbonyl (C=O) groups is 4. The number of nitrogens with one attached hydrogen (secondary N) is 4. The third-order valence-electron chi connectivity index (χ3n) is 9.75. The molecular weight excluding hydrogens is 688 g/mol. The van der Waals surface area contributed by atoms with Crippen LogP contribution in [0.15, 0.2) is 48.8 Å². The van der Waals surface area contributed by atoms with Gasteiger partial charge in [-0.2, -0.15) is 0 Å². The first-order chi connectivity index (χ1) is 25.9. The number of amides is 4. The number of nitrogens with zero attached hydrogens (tertiary/aromatic N) is 4. The molecule has 2 aliphatic rings. The lowest BCUT2D eigenvalue weighted by molar-refractivity contribution is -0.136. The van der Waals surface area contributed by atoms with Gasteiger partial charge in [-0.1, -0.05) is 70.2 Å². The molecule has 2 aliphatic heterocycles. The van der Waals surface area contributed by atoms with E-state index >= 15 is 0 Å². The second-order valence-electron chi connectivity index (χ2n) is 14.8. The maximum absolute atomic E-state index is 13.6. The van der Waals surface area contributed by atoms with Gasteiger partial charge in [-0.05, 0) is 68.6 Å². The van der Waals surface area contributed by atoms with Crippen LogP contribution in [0.5, 0.6) is 0 Å². The Labute approximate surface area is 317 Å². The van der Waals surface area contributed by atoms with Gasteiger partial charge in [-0.15, -0.1) is 0 Å². The standard InChI is InChI=1S/C40H54N8O6/c1-24(2)33(45-39(51)53-7)37(49)47-20-10-14-31(47)35-41-22-29(43-35)13-9-8-12-27-16-18-28(19-17-27)30-23-42-36(44-30)32-15-11-21-48(32)38(50)34(25(3)4)46-40(52)54-26(5)6/h8-9,12-13,16-19,22-26,31-34H,10-11,14-15,20-21H2,1-7H3,(H,41,43)(H,42,44)(H,45,51)(H,46,52)/t31-,32-,33+,34+/m0/s1. The smallest absolute Gasteiger partial charge is 0.408 e. The Hall–Kier alpha value is -5.40. The fourth-order valence-electron chi connectivity index (χ4n) is 6.93. The summed E-state index contributed by atoms with van der Waals surface area (Å²) in [5.74, 6) is 0.955. The minimum atomic E-state index is -0.694. The number of carbonyl (C=O) groups excluding carboxylic acids is 4. The van der Waals surface area contributed by atoms with Crippen molar-refractivity contribution >= 4 is 36.2 Å². The molecule has 4 atom stereocenters. The third kappa shape index (κ3) is 9.77. The van der Waals surface area contributed by atoms with Crippen LogP contribution in [0.25, 0.3) is 23.4 Å². The first-order valence-electron chi connectivity index (χ1n) is 18.8. The van der Waals surface area contributed by atoms with Gasteiger partial charge >= 0.3 is 12.2 Å². The van der Waals surface area contributed by atoms with E-state index in [1.807, 2.05) is 81.2 Å². The van der Waals surface area contributed by atoms with Gasteiger partial charge in [0.25, 0.3) is 0 Å².